The van der Waals surface area contributed by atoms with Crippen LogP contribution in [-0.2, 0) is 6.54 Å². The Bertz CT molecular complexity index is 323. The first-order valence-electron chi connectivity index (χ1n) is 5.44. The van der Waals surface area contributed by atoms with Crippen LogP contribution in [0.4, 0.5) is 0 Å². The molecule has 2 atom stereocenters. The lowest BCUT2D eigenvalue weighted by molar-refractivity contribution is 0.512. The molecule has 1 aliphatic heterocycles. The molecule has 0 amide bonds. The topological polar surface area (TPSA) is 55.6 Å². The summed E-state index contributed by atoms with van der Waals surface area (Å²) in [5, 5.41) is 15.7. The van der Waals surface area contributed by atoms with Crippen LogP contribution in [0.25, 0.3) is 0 Å². The number of thioether (sulfide) groups is 2. The maximum Gasteiger partial charge on any atom is 0.167 e. The molecule has 1 fully saturated rings. The van der Waals surface area contributed by atoms with E-state index in [1.165, 1.54) is 17.3 Å². The maximum absolute atomic E-state index is 4.08. The van der Waals surface area contributed by atoms with Crippen molar-refractivity contribution in [1.29, 1.82) is 0 Å². The van der Waals surface area contributed by atoms with Gasteiger partial charge in [-0.2, -0.15) is 23.5 Å². The Morgan fingerprint density at radius 1 is 1.56 bits per heavy atom. The van der Waals surface area contributed by atoms with Crippen molar-refractivity contribution in [3.8, 4) is 0 Å². The fourth-order valence-corrected chi connectivity index (χ4v) is 4.26. The van der Waals surface area contributed by atoms with Crippen LogP contribution in [-0.4, -0.2) is 49.8 Å². The van der Waals surface area contributed by atoms with E-state index in [0.717, 1.165) is 12.4 Å². The van der Waals surface area contributed by atoms with E-state index in [2.05, 4.69) is 27.8 Å². The quantitative estimate of drug-likeness (QED) is 0.863. The second-order valence-electron chi connectivity index (χ2n) is 3.80. The summed E-state index contributed by atoms with van der Waals surface area (Å²) in [4.78, 5) is 0. The lowest BCUT2D eigenvalue weighted by Crippen LogP contribution is -2.25. The van der Waals surface area contributed by atoms with Gasteiger partial charge in [0.05, 0.1) is 12.6 Å². The minimum atomic E-state index is 0.205. The molecular weight excluding hydrogens is 242 g/mol. The average molecular weight is 259 g/mol. The molecule has 0 aromatic carbocycles. The number of hydrogen-bond donors (Lipinski definition) is 1. The Kier molecular flexibility index (Phi) is 4.48. The molecule has 16 heavy (non-hydrogen) atoms. The van der Waals surface area contributed by atoms with Crippen LogP contribution in [0.15, 0.2) is 0 Å². The highest BCUT2D eigenvalue weighted by molar-refractivity contribution is 8.06. The maximum atomic E-state index is 4.08. The van der Waals surface area contributed by atoms with E-state index in [9.17, 15) is 0 Å². The number of aromatic nitrogens is 4. The predicted octanol–water partition coefficient (Wildman–Crippen LogP) is 0.802. The number of hydrogen-bond acceptors (Lipinski definition) is 6. The standard InChI is InChI=1S/C9H17N5S2/c1-7(10-2)9-11-12-13-14(9)5-8-6-15-3-4-16-8/h7-8,10H,3-6H2,1-2H3. The molecule has 2 unspecified atom stereocenters. The molecule has 1 aliphatic rings. The molecule has 1 aromatic rings. The summed E-state index contributed by atoms with van der Waals surface area (Å²) in [6, 6.07) is 0.205. The summed E-state index contributed by atoms with van der Waals surface area (Å²) in [6.07, 6.45) is 0. The second-order valence-corrected chi connectivity index (χ2v) is 6.36. The van der Waals surface area contributed by atoms with Gasteiger partial charge >= 0.3 is 0 Å². The van der Waals surface area contributed by atoms with Crippen LogP contribution >= 0.6 is 23.5 Å². The van der Waals surface area contributed by atoms with Crippen LogP contribution in [0, 0.1) is 0 Å². The molecule has 0 spiro atoms. The zero-order chi connectivity index (χ0) is 11.4. The summed E-state index contributed by atoms with van der Waals surface area (Å²) < 4.78 is 1.94. The Morgan fingerprint density at radius 3 is 3.12 bits per heavy atom. The number of rotatable bonds is 4. The van der Waals surface area contributed by atoms with Crippen LogP contribution in [0.3, 0.4) is 0 Å². The first kappa shape index (κ1) is 12.2. The van der Waals surface area contributed by atoms with Crippen molar-refractivity contribution < 1.29 is 0 Å². The Hall–Kier alpha value is -0.270. The van der Waals surface area contributed by atoms with E-state index < -0.39 is 0 Å². The van der Waals surface area contributed by atoms with Crippen LogP contribution in [0.1, 0.15) is 18.8 Å². The molecular formula is C9H17N5S2. The lowest BCUT2D eigenvalue weighted by atomic mass is 10.3. The zero-order valence-corrected chi connectivity index (χ0v) is 11.2. The molecule has 90 valence electrons. The van der Waals surface area contributed by atoms with E-state index in [4.69, 9.17) is 0 Å². The summed E-state index contributed by atoms with van der Waals surface area (Å²) in [5.41, 5.74) is 0. The van der Waals surface area contributed by atoms with Crippen LogP contribution < -0.4 is 5.32 Å². The van der Waals surface area contributed by atoms with Crippen molar-refractivity contribution in [3.05, 3.63) is 5.82 Å². The lowest BCUT2D eigenvalue weighted by Gasteiger charge is -2.21. The molecule has 0 radical (unpaired) electrons. The third-order valence-electron chi connectivity index (χ3n) is 2.64. The minimum Gasteiger partial charge on any atom is -0.311 e. The molecule has 2 rings (SSSR count). The van der Waals surface area contributed by atoms with Gasteiger partial charge in [-0.05, 0) is 24.4 Å². The zero-order valence-electron chi connectivity index (χ0n) is 9.59. The van der Waals surface area contributed by atoms with Gasteiger partial charge < -0.3 is 5.32 Å². The molecule has 1 saturated heterocycles. The third-order valence-corrected chi connectivity index (χ3v) is 5.47. The average Bonchev–Trinajstić information content (AvgIpc) is 2.77. The van der Waals surface area contributed by atoms with Gasteiger partial charge in [-0.25, -0.2) is 4.68 Å². The summed E-state index contributed by atoms with van der Waals surface area (Å²) in [6.45, 7) is 3.00. The molecule has 2 heterocycles. The van der Waals surface area contributed by atoms with Gasteiger partial charge in [-0.3, -0.25) is 0 Å². The first-order chi connectivity index (χ1) is 7.81. The smallest absolute Gasteiger partial charge is 0.167 e. The van der Waals surface area contributed by atoms with Crippen LogP contribution in [0.2, 0.25) is 0 Å². The van der Waals surface area contributed by atoms with Crippen LogP contribution in [0.5, 0.6) is 0 Å². The molecule has 0 aliphatic carbocycles. The van der Waals surface area contributed by atoms with E-state index in [0.29, 0.717) is 5.25 Å². The minimum absolute atomic E-state index is 0.205. The van der Waals surface area contributed by atoms with Crippen molar-refractivity contribution >= 4 is 23.5 Å². The summed E-state index contributed by atoms with van der Waals surface area (Å²) in [5.74, 6) is 4.65. The van der Waals surface area contributed by atoms with Crippen molar-refractivity contribution in [3.63, 3.8) is 0 Å². The van der Waals surface area contributed by atoms with Gasteiger partial charge in [0.2, 0.25) is 0 Å². The third kappa shape index (κ3) is 2.89. The Balaban J connectivity index is 2.00. The Morgan fingerprint density at radius 2 is 2.44 bits per heavy atom. The molecule has 1 aromatic heterocycles. The van der Waals surface area contributed by atoms with E-state index in [-0.39, 0.29) is 6.04 Å². The second kappa shape index (κ2) is 5.88. The fraction of sp³-hybridized carbons (Fsp3) is 0.889. The highest BCUT2D eigenvalue weighted by atomic mass is 32.2. The molecule has 5 nitrogen and oxygen atoms in total. The summed E-state index contributed by atoms with van der Waals surface area (Å²) >= 11 is 4.06. The van der Waals surface area contributed by atoms with E-state index in [1.54, 1.807) is 0 Å². The van der Waals surface area contributed by atoms with Crippen molar-refractivity contribution in [2.45, 2.75) is 24.8 Å². The van der Waals surface area contributed by atoms with Gasteiger partial charge in [-0.1, -0.05) is 0 Å². The monoisotopic (exact) mass is 259 g/mol. The van der Waals surface area contributed by atoms with Crippen molar-refractivity contribution in [2.75, 3.05) is 24.3 Å². The SMILES string of the molecule is CNC(C)c1nnnn1CC1CSCCS1. The molecule has 0 saturated carbocycles. The first-order valence-corrected chi connectivity index (χ1v) is 7.64. The molecule has 7 heteroatoms. The van der Waals surface area contributed by atoms with E-state index >= 15 is 0 Å². The Labute approximate surface area is 104 Å². The van der Waals surface area contributed by atoms with Gasteiger partial charge in [0.25, 0.3) is 0 Å². The fourth-order valence-electron chi connectivity index (χ4n) is 1.62. The summed E-state index contributed by atoms with van der Waals surface area (Å²) in [7, 11) is 1.93. The molecule has 1 N–H and O–H groups in total. The van der Waals surface area contributed by atoms with Gasteiger partial charge in [0.15, 0.2) is 5.82 Å². The van der Waals surface area contributed by atoms with Gasteiger partial charge in [-0.15, -0.1) is 5.10 Å². The normalized spacial score (nSPS) is 23.2. The highest BCUT2D eigenvalue weighted by Crippen LogP contribution is 2.25. The van der Waals surface area contributed by atoms with Gasteiger partial charge in [0.1, 0.15) is 0 Å². The molecule has 0 bridgehead atoms. The number of tetrazole rings is 1. The number of nitrogens with one attached hydrogen (secondary N) is 1. The largest absolute Gasteiger partial charge is 0.311 e. The van der Waals surface area contributed by atoms with Gasteiger partial charge in [0, 0.05) is 22.5 Å². The van der Waals surface area contributed by atoms with E-state index in [1.807, 2.05) is 35.3 Å². The van der Waals surface area contributed by atoms with Crippen molar-refractivity contribution in [1.82, 2.24) is 25.5 Å². The predicted molar refractivity (Wildman–Crippen MR) is 68.9 cm³/mol. The number of nitrogens with zero attached hydrogens (tertiary/aromatic N) is 4. The van der Waals surface area contributed by atoms with Crippen molar-refractivity contribution in [2.24, 2.45) is 0 Å². The highest BCUT2D eigenvalue weighted by Gasteiger charge is 2.19.